The first-order chi connectivity index (χ1) is 7.61. The van der Waals surface area contributed by atoms with Crippen LogP contribution in [0.15, 0.2) is 27.6 Å². The van der Waals surface area contributed by atoms with E-state index in [0.717, 1.165) is 5.57 Å². The zero-order valence-corrected chi connectivity index (χ0v) is 9.57. The second-order valence-electron chi connectivity index (χ2n) is 3.18. The van der Waals surface area contributed by atoms with Crippen LogP contribution < -0.4 is 5.43 Å². The minimum absolute atomic E-state index is 0.0417. The van der Waals surface area contributed by atoms with E-state index in [1.54, 1.807) is 26.8 Å². The van der Waals surface area contributed by atoms with Crippen molar-refractivity contribution in [3.8, 4) is 0 Å². The normalized spacial score (nSPS) is 11.3. The molecular weight excluding hydrogens is 208 g/mol. The van der Waals surface area contributed by atoms with E-state index in [1.807, 2.05) is 0 Å². The number of hydrogen-bond acceptors (Lipinski definition) is 4. The van der Waals surface area contributed by atoms with Crippen LogP contribution in [0.25, 0.3) is 5.57 Å². The van der Waals surface area contributed by atoms with Gasteiger partial charge in [0.05, 0.1) is 12.9 Å². The van der Waals surface area contributed by atoms with Gasteiger partial charge in [-0.25, -0.2) is 4.79 Å². The summed E-state index contributed by atoms with van der Waals surface area (Å²) in [5.74, 6) is -0.374. The molecular formula is C12H14O4. The summed E-state index contributed by atoms with van der Waals surface area (Å²) in [6.45, 7) is 5.48. The van der Waals surface area contributed by atoms with Crippen molar-refractivity contribution in [2.75, 3.05) is 6.61 Å². The largest absolute Gasteiger partial charge is 0.464 e. The average molecular weight is 222 g/mol. The van der Waals surface area contributed by atoms with Crippen LogP contribution in [-0.2, 0) is 4.74 Å². The Kier molecular flexibility index (Phi) is 4.05. The zero-order chi connectivity index (χ0) is 12.1. The lowest BCUT2D eigenvalue weighted by molar-refractivity contribution is 0.0521. The first-order valence-electron chi connectivity index (χ1n) is 5.04. The van der Waals surface area contributed by atoms with Gasteiger partial charge in [-0.1, -0.05) is 6.08 Å². The summed E-state index contributed by atoms with van der Waals surface area (Å²) in [6.07, 6.45) is 3.04. The van der Waals surface area contributed by atoms with Crippen LogP contribution in [0.4, 0.5) is 0 Å². The molecule has 0 aliphatic carbocycles. The van der Waals surface area contributed by atoms with Crippen LogP contribution in [0, 0.1) is 0 Å². The third-order valence-electron chi connectivity index (χ3n) is 2.15. The smallest absolute Gasteiger partial charge is 0.345 e. The SMILES string of the molecule is C/C=C(\C)c1occc(=O)c1C(=O)OCC. The van der Waals surface area contributed by atoms with E-state index in [0.29, 0.717) is 0 Å². The lowest BCUT2D eigenvalue weighted by Crippen LogP contribution is -2.18. The molecule has 1 aromatic heterocycles. The molecule has 0 aromatic carbocycles. The quantitative estimate of drug-likeness (QED) is 0.736. The molecule has 0 radical (unpaired) electrons. The van der Waals surface area contributed by atoms with Crippen LogP contribution in [0.3, 0.4) is 0 Å². The van der Waals surface area contributed by atoms with Gasteiger partial charge in [-0.05, 0) is 26.3 Å². The maximum atomic E-state index is 11.6. The topological polar surface area (TPSA) is 56.5 Å². The first-order valence-corrected chi connectivity index (χ1v) is 5.04. The van der Waals surface area contributed by atoms with Crippen LogP contribution >= 0.6 is 0 Å². The molecule has 0 aliphatic heterocycles. The Labute approximate surface area is 93.5 Å². The minimum Gasteiger partial charge on any atom is -0.464 e. The summed E-state index contributed by atoms with van der Waals surface area (Å²) < 4.78 is 10.0. The summed E-state index contributed by atoms with van der Waals surface area (Å²) in [4.78, 5) is 23.2. The fourth-order valence-corrected chi connectivity index (χ4v) is 1.24. The number of allylic oxidation sites excluding steroid dienone is 2. The number of carbonyl (C=O) groups excluding carboxylic acids is 1. The molecule has 0 unspecified atom stereocenters. The summed E-state index contributed by atoms with van der Waals surface area (Å²) >= 11 is 0. The van der Waals surface area contributed by atoms with E-state index in [9.17, 15) is 9.59 Å². The summed E-state index contributed by atoms with van der Waals surface area (Å²) in [5, 5.41) is 0. The number of ether oxygens (including phenoxy) is 1. The highest BCUT2D eigenvalue weighted by molar-refractivity contribution is 5.93. The van der Waals surface area contributed by atoms with E-state index in [-0.39, 0.29) is 23.4 Å². The molecule has 0 atom stereocenters. The number of esters is 1. The lowest BCUT2D eigenvalue weighted by Gasteiger charge is -2.06. The maximum Gasteiger partial charge on any atom is 0.345 e. The Bertz CT molecular complexity index is 468. The predicted molar refractivity (Wildman–Crippen MR) is 60.3 cm³/mol. The molecule has 86 valence electrons. The van der Waals surface area contributed by atoms with E-state index < -0.39 is 5.97 Å². The van der Waals surface area contributed by atoms with Gasteiger partial charge in [-0.2, -0.15) is 0 Å². The monoisotopic (exact) mass is 222 g/mol. The molecule has 1 rings (SSSR count). The zero-order valence-electron chi connectivity index (χ0n) is 9.57. The van der Waals surface area contributed by atoms with Crippen molar-refractivity contribution in [2.45, 2.75) is 20.8 Å². The second-order valence-corrected chi connectivity index (χ2v) is 3.18. The van der Waals surface area contributed by atoms with Crippen molar-refractivity contribution in [3.05, 3.63) is 40.0 Å². The van der Waals surface area contributed by atoms with Gasteiger partial charge >= 0.3 is 5.97 Å². The fraction of sp³-hybridized carbons (Fsp3) is 0.333. The van der Waals surface area contributed by atoms with E-state index in [2.05, 4.69) is 0 Å². The minimum atomic E-state index is -0.645. The predicted octanol–water partition coefficient (Wildman–Crippen LogP) is 2.24. The van der Waals surface area contributed by atoms with E-state index in [1.165, 1.54) is 12.3 Å². The fourth-order valence-electron chi connectivity index (χ4n) is 1.24. The van der Waals surface area contributed by atoms with Crippen LogP contribution in [0.2, 0.25) is 0 Å². The molecule has 0 fully saturated rings. The highest BCUT2D eigenvalue weighted by Gasteiger charge is 2.19. The molecule has 4 heteroatoms. The number of carbonyl (C=O) groups is 1. The van der Waals surface area contributed by atoms with Gasteiger partial charge in [0.1, 0.15) is 11.3 Å². The van der Waals surface area contributed by atoms with Gasteiger partial charge in [0.25, 0.3) is 0 Å². The Hall–Kier alpha value is -1.84. The van der Waals surface area contributed by atoms with Crippen molar-refractivity contribution < 1.29 is 13.9 Å². The molecule has 0 amide bonds. The van der Waals surface area contributed by atoms with Crippen LogP contribution in [0.1, 0.15) is 36.9 Å². The van der Waals surface area contributed by atoms with E-state index >= 15 is 0 Å². The van der Waals surface area contributed by atoms with Crippen LogP contribution in [-0.4, -0.2) is 12.6 Å². The molecule has 1 heterocycles. The van der Waals surface area contributed by atoms with Crippen molar-refractivity contribution >= 4 is 11.5 Å². The molecule has 4 nitrogen and oxygen atoms in total. The molecule has 0 spiro atoms. The van der Waals surface area contributed by atoms with Crippen LogP contribution in [0.5, 0.6) is 0 Å². The van der Waals surface area contributed by atoms with Crippen molar-refractivity contribution in [3.63, 3.8) is 0 Å². The average Bonchev–Trinajstić information content (AvgIpc) is 2.27. The first kappa shape index (κ1) is 12.2. The molecule has 1 aromatic rings. The van der Waals surface area contributed by atoms with Crippen molar-refractivity contribution in [1.82, 2.24) is 0 Å². The molecule has 0 N–H and O–H groups in total. The Balaban J connectivity index is 3.35. The number of rotatable bonds is 3. The summed E-state index contributed by atoms with van der Waals surface area (Å²) in [7, 11) is 0. The van der Waals surface area contributed by atoms with Gasteiger partial charge in [-0.15, -0.1) is 0 Å². The summed E-state index contributed by atoms with van der Waals surface area (Å²) in [6, 6.07) is 1.21. The molecule has 0 aliphatic rings. The Morgan fingerprint density at radius 2 is 2.25 bits per heavy atom. The molecule has 16 heavy (non-hydrogen) atoms. The second kappa shape index (κ2) is 5.30. The molecule has 0 saturated heterocycles. The highest BCUT2D eigenvalue weighted by Crippen LogP contribution is 2.16. The Morgan fingerprint density at radius 3 is 2.81 bits per heavy atom. The third kappa shape index (κ3) is 2.39. The van der Waals surface area contributed by atoms with Gasteiger partial charge in [0.15, 0.2) is 5.43 Å². The number of hydrogen-bond donors (Lipinski definition) is 0. The summed E-state index contributed by atoms with van der Waals surface area (Å²) in [5.41, 5.74) is 0.293. The van der Waals surface area contributed by atoms with Crippen molar-refractivity contribution in [1.29, 1.82) is 0 Å². The van der Waals surface area contributed by atoms with Gasteiger partial charge < -0.3 is 9.15 Å². The van der Waals surface area contributed by atoms with E-state index in [4.69, 9.17) is 9.15 Å². The molecule has 0 bridgehead atoms. The third-order valence-corrected chi connectivity index (χ3v) is 2.15. The highest BCUT2D eigenvalue weighted by atomic mass is 16.5. The van der Waals surface area contributed by atoms with Crippen molar-refractivity contribution in [2.24, 2.45) is 0 Å². The standard InChI is InChI=1S/C12H14O4/c1-4-8(3)11-10(12(14)15-5-2)9(13)6-7-16-11/h4,6-7H,5H2,1-3H3/b8-4+. The Morgan fingerprint density at radius 1 is 1.56 bits per heavy atom. The maximum absolute atomic E-state index is 11.6. The lowest BCUT2D eigenvalue weighted by atomic mass is 10.1. The molecule has 0 saturated carbocycles. The van der Waals surface area contributed by atoms with Gasteiger partial charge in [0, 0.05) is 6.07 Å². The van der Waals surface area contributed by atoms with Gasteiger partial charge in [-0.3, -0.25) is 4.79 Å². The van der Waals surface area contributed by atoms with Gasteiger partial charge in [0.2, 0.25) is 0 Å².